The Kier molecular flexibility index (Phi) is 3.21. The third-order valence-electron chi connectivity index (χ3n) is 2.28. The summed E-state index contributed by atoms with van der Waals surface area (Å²) < 4.78 is 11.9. The molecule has 1 aromatic rings. The van der Waals surface area contributed by atoms with Gasteiger partial charge < -0.3 is 9.47 Å². The van der Waals surface area contributed by atoms with Crippen molar-refractivity contribution in [1.29, 1.82) is 0 Å². The summed E-state index contributed by atoms with van der Waals surface area (Å²) in [5.74, 6) is 0. The van der Waals surface area contributed by atoms with E-state index in [-0.39, 0.29) is 6.10 Å². The monoisotopic (exact) mass is 256 g/mol. The number of epoxide rings is 1. The first-order valence-electron chi connectivity index (χ1n) is 4.73. The molecule has 0 aromatic heterocycles. The molecule has 2 rings (SSSR count). The Balaban J connectivity index is 1.84. The van der Waals surface area contributed by atoms with E-state index in [1.54, 1.807) is 0 Å². The molecule has 0 amide bonds. The Hall–Kier alpha value is -0.380. The van der Waals surface area contributed by atoms with Gasteiger partial charge in [-0.1, -0.05) is 28.1 Å². The van der Waals surface area contributed by atoms with Crippen molar-refractivity contribution < 1.29 is 9.47 Å². The summed E-state index contributed by atoms with van der Waals surface area (Å²) in [6.45, 7) is 3.55. The van der Waals surface area contributed by atoms with Crippen LogP contribution in [0.25, 0.3) is 0 Å². The van der Waals surface area contributed by atoms with Crippen LogP contribution in [-0.2, 0) is 16.1 Å². The topological polar surface area (TPSA) is 21.8 Å². The maximum Gasteiger partial charge on any atom is 0.107 e. The van der Waals surface area contributed by atoms with Gasteiger partial charge in [-0.05, 0) is 24.6 Å². The van der Waals surface area contributed by atoms with Crippen LogP contribution in [0.5, 0.6) is 0 Å². The van der Waals surface area contributed by atoms with Crippen molar-refractivity contribution >= 4 is 15.9 Å². The van der Waals surface area contributed by atoms with Gasteiger partial charge in [0.15, 0.2) is 0 Å². The largest absolute Gasteiger partial charge is 0.371 e. The standard InChI is InChI=1S/C11H13BrO2/c1-8(11-7-14-11)13-6-9-3-2-4-10(12)5-9/h2-5,8,11H,6-7H2,1H3/t8-,11+/m0/s1. The van der Waals surface area contributed by atoms with Crippen LogP contribution in [0.3, 0.4) is 0 Å². The average Bonchev–Trinajstić information content (AvgIpc) is 2.97. The molecule has 0 radical (unpaired) electrons. The molecule has 2 nitrogen and oxygen atoms in total. The average molecular weight is 257 g/mol. The molecule has 1 saturated heterocycles. The quantitative estimate of drug-likeness (QED) is 0.773. The molecule has 0 aliphatic carbocycles. The van der Waals surface area contributed by atoms with Crippen LogP contribution in [0.4, 0.5) is 0 Å². The SMILES string of the molecule is C[C@H](OCc1cccc(Br)c1)[C@H]1CO1. The van der Waals surface area contributed by atoms with Crippen LogP contribution in [-0.4, -0.2) is 18.8 Å². The van der Waals surface area contributed by atoms with Crippen molar-refractivity contribution in [3.63, 3.8) is 0 Å². The van der Waals surface area contributed by atoms with E-state index < -0.39 is 0 Å². The molecule has 0 spiro atoms. The number of rotatable bonds is 4. The Morgan fingerprint density at radius 2 is 2.43 bits per heavy atom. The molecule has 0 bridgehead atoms. The Bertz CT molecular complexity index is 310. The van der Waals surface area contributed by atoms with E-state index in [0.717, 1.165) is 11.1 Å². The van der Waals surface area contributed by atoms with Gasteiger partial charge in [-0.2, -0.15) is 0 Å². The highest BCUT2D eigenvalue weighted by Crippen LogP contribution is 2.18. The zero-order chi connectivity index (χ0) is 9.97. The lowest BCUT2D eigenvalue weighted by Crippen LogP contribution is -2.14. The zero-order valence-electron chi connectivity index (χ0n) is 8.07. The van der Waals surface area contributed by atoms with Crippen molar-refractivity contribution in [3.8, 4) is 0 Å². The summed E-state index contributed by atoms with van der Waals surface area (Å²) in [7, 11) is 0. The van der Waals surface area contributed by atoms with Gasteiger partial charge in [-0.3, -0.25) is 0 Å². The maximum absolute atomic E-state index is 5.66. The summed E-state index contributed by atoms with van der Waals surface area (Å²) in [6.07, 6.45) is 0.524. The van der Waals surface area contributed by atoms with E-state index in [9.17, 15) is 0 Å². The van der Waals surface area contributed by atoms with Gasteiger partial charge in [0.05, 0.1) is 19.3 Å². The molecule has 3 heteroatoms. The second kappa shape index (κ2) is 4.43. The molecule has 0 N–H and O–H groups in total. The number of hydrogen-bond acceptors (Lipinski definition) is 2. The summed E-state index contributed by atoms with van der Waals surface area (Å²) in [5.41, 5.74) is 1.19. The number of halogens is 1. The normalized spacial score (nSPS) is 22.0. The molecule has 14 heavy (non-hydrogen) atoms. The van der Waals surface area contributed by atoms with E-state index in [4.69, 9.17) is 9.47 Å². The molecular formula is C11H13BrO2. The molecule has 1 aromatic carbocycles. The van der Waals surface area contributed by atoms with Crippen LogP contribution in [0.1, 0.15) is 12.5 Å². The Morgan fingerprint density at radius 1 is 1.64 bits per heavy atom. The van der Waals surface area contributed by atoms with Crippen molar-refractivity contribution in [1.82, 2.24) is 0 Å². The van der Waals surface area contributed by atoms with Gasteiger partial charge >= 0.3 is 0 Å². The van der Waals surface area contributed by atoms with Crippen molar-refractivity contribution in [2.45, 2.75) is 25.7 Å². The van der Waals surface area contributed by atoms with Gasteiger partial charge in [0.2, 0.25) is 0 Å². The minimum absolute atomic E-state index is 0.203. The van der Waals surface area contributed by atoms with Gasteiger partial charge in [0.25, 0.3) is 0 Å². The van der Waals surface area contributed by atoms with Gasteiger partial charge in [0, 0.05) is 4.47 Å². The fourth-order valence-corrected chi connectivity index (χ4v) is 1.73. The van der Waals surface area contributed by atoms with E-state index in [0.29, 0.717) is 12.7 Å². The van der Waals surface area contributed by atoms with Crippen LogP contribution < -0.4 is 0 Å². The zero-order valence-corrected chi connectivity index (χ0v) is 9.66. The van der Waals surface area contributed by atoms with Crippen molar-refractivity contribution in [2.24, 2.45) is 0 Å². The highest BCUT2D eigenvalue weighted by atomic mass is 79.9. The summed E-state index contributed by atoms with van der Waals surface area (Å²) in [4.78, 5) is 0. The van der Waals surface area contributed by atoms with E-state index in [2.05, 4.69) is 35.0 Å². The smallest absolute Gasteiger partial charge is 0.107 e. The second-order valence-corrected chi connectivity index (χ2v) is 4.43. The number of benzene rings is 1. The fourth-order valence-electron chi connectivity index (χ4n) is 1.29. The molecule has 1 aliphatic heterocycles. The molecule has 2 atom stereocenters. The summed E-state index contributed by atoms with van der Waals surface area (Å²) >= 11 is 3.43. The predicted molar refractivity (Wildman–Crippen MR) is 58.1 cm³/mol. The highest BCUT2D eigenvalue weighted by molar-refractivity contribution is 9.10. The van der Waals surface area contributed by atoms with Crippen LogP contribution >= 0.6 is 15.9 Å². The van der Waals surface area contributed by atoms with Gasteiger partial charge in [0.1, 0.15) is 6.10 Å². The van der Waals surface area contributed by atoms with E-state index in [1.165, 1.54) is 5.56 Å². The van der Waals surface area contributed by atoms with Crippen LogP contribution in [0.15, 0.2) is 28.7 Å². The minimum Gasteiger partial charge on any atom is -0.371 e. The first-order valence-corrected chi connectivity index (χ1v) is 5.52. The lowest BCUT2D eigenvalue weighted by Gasteiger charge is -2.10. The first-order chi connectivity index (χ1) is 6.75. The van der Waals surface area contributed by atoms with E-state index in [1.807, 2.05) is 12.1 Å². The minimum atomic E-state index is 0.203. The Morgan fingerprint density at radius 3 is 3.07 bits per heavy atom. The third-order valence-corrected chi connectivity index (χ3v) is 2.78. The number of hydrogen-bond donors (Lipinski definition) is 0. The molecule has 0 saturated carbocycles. The van der Waals surface area contributed by atoms with Gasteiger partial charge in [-0.15, -0.1) is 0 Å². The lowest BCUT2D eigenvalue weighted by molar-refractivity contribution is 0.0340. The molecule has 1 fully saturated rings. The fraction of sp³-hybridized carbons (Fsp3) is 0.455. The third kappa shape index (κ3) is 2.80. The molecule has 1 heterocycles. The number of ether oxygens (including phenoxy) is 2. The maximum atomic E-state index is 5.66. The van der Waals surface area contributed by atoms with E-state index >= 15 is 0 Å². The lowest BCUT2D eigenvalue weighted by atomic mass is 10.2. The summed E-state index contributed by atoms with van der Waals surface area (Å²) in [6, 6.07) is 8.16. The van der Waals surface area contributed by atoms with Crippen molar-refractivity contribution in [3.05, 3.63) is 34.3 Å². The molecular weight excluding hydrogens is 244 g/mol. The van der Waals surface area contributed by atoms with Crippen LogP contribution in [0.2, 0.25) is 0 Å². The Labute approximate surface area is 92.3 Å². The second-order valence-electron chi connectivity index (χ2n) is 3.52. The van der Waals surface area contributed by atoms with Gasteiger partial charge in [-0.25, -0.2) is 0 Å². The molecule has 0 unspecified atom stereocenters. The molecule has 76 valence electrons. The van der Waals surface area contributed by atoms with Crippen LogP contribution in [0, 0.1) is 0 Å². The molecule has 1 aliphatic rings. The van der Waals surface area contributed by atoms with Crippen molar-refractivity contribution in [2.75, 3.05) is 6.61 Å². The predicted octanol–water partition coefficient (Wildman–Crippen LogP) is 2.75. The highest BCUT2D eigenvalue weighted by Gasteiger charge is 2.29. The summed E-state index contributed by atoms with van der Waals surface area (Å²) in [5, 5.41) is 0. The first kappa shape index (κ1) is 10.1.